The van der Waals surface area contributed by atoms with E-state index in [4.69, 9.17) is 5.11 Å². The number of carboxylic acid groups (broad SMARTS) is 1. The van der Waals surface area contributed by atoms with Crippen LogP contribution in [0.1, 0.15) is 23.6 Å². The minimum atomic E-state index is -0.886. The van der Waals surface area contributed by atoms with Crippen molar-refractivity contribution in [3.05, 3.63) is 64.9 Å². The molecule has 3 rings (SSSR count). The summed E-state index contributed by atoms with van der Waals surface area (Å²) in [5.41, 5.74) is 6.93. The largest absolute Gasteiger partial charge is 0.478 e. The molecule has 3 heteroatoms. The van der Waals surface area contributed by atoms with Crippen LogP contribution in [0.15, 0.2) is 48.2 Å². The van der Waals surface area contributed by atoms with E-state index in [2.05, 4.69) is 48.3 Å². The van der Waals surface area contributed by atoms with Gasteiger partial charge in [0, 0.05) is 17.3 Å². The number of carboxylic acids is 1. The number of benzene rings is 2. The lowest BCUT2D eigenvalue weighted by Gasteiger charge is -2.11. The second-order valence-corrected chi connectivity index (χ2v) is 5.94. The van der Waals surface area contributed by atoms with Crippen LogP contribution in [0.4, 0.5) is 0 Å². The van der Waals surface area contributed by atoms with Gasteiger partial charge in [-0.1, -0.05) is 24.3 Å². The topological polar surface area (TPSA) is 53.1 Å². The summed E-state index contributed by atoms with van der Waals surface area (Å²) in [4.78, 5) is 14.3. The first-order chi connectivity index (χ1) is 11.0. The zero-order valence-corrected chi connectivity index (χ0v) is 13.5. The van der Waals surface area contributed by atoms with E-state index in [9.17, 15) is 4.79 Å². The summed E-state index contributed by atoms with van der Waals surface area (Å²) >= 11 is 0. The number of aromatic nitrogens is 1. The van der Waals surface area contributed by atoms with Gasteiger partial charge < -0.3 is 10.1 Å². The highest BCUT2D eigenvalue weighted by Crippen LogP contribution is 2.29. The van der Waals surface area contributed by atoms with E-state index in [1.165, 1.54) is 10.9 Å². The van der Waals surface area contributed by atoms with Gasteiger partial charge in [0.25, 0.3) is 0 Å². The number of carbonyl (C=O) groups is 1. The summed E-state index contributed by atoms with van der Waals surface area (Å²) < 4.78 is 0. The molecule has 0 atom stereocenters. The molecule has 2 N–H and O–H groups in total. The van der Waals surface area contributed by atoms with Crippen molar-refractivity contribution in [2.24, 2.45) is 0 Å². The molecule has 1 aromatic heterocycles. The predicted molar refractivity (Wildman–Crippen MR) is 94.5 cm³/mol. The fraction of sp³-hybridized carbons (Fsp3) is 0.150. The molecule has 0 unspecified atom stereocenters. The van der Waals surface area contributed by atoms with E-state index in [1.807, 2.05) is 13.1 Å². The summed E-state index contributed by atoms with van der Waals surface area (Å²) in [7, 11) is 0. The summed E-state index contributed by atoms with van der Waals surface area (Å²) in [6, 6.07) is 12.6. The van der Waals surface area contributed by atoms with Crippen LogP contribution in [0, 0.1) is 13.8 Å². The fourth-order valence-electron chi connectivity index (χ4n) is 2.82. The molecule has 1 heterocycles. The van der Waals surface area contributed by atoms with Crippen LogP contribution in [0.3, 0.4) is 0 Å². The van der Waals surface area contributed by atoms with Crippen molar-refractivity contribution in [1.82, 2.24) is 4.98 Å². The first-order valence-electron chi connectivity index (χ1n) is 7.56. The number of rotatable bonds is 3. The summed E-state index contributed by atoms with van der Waals surface area (Å²) in [5, 5.41) is 10.2. The first-order valence-corrected chi connectivity index (χ1v) is 7.56. The molecule has 0 saturated carbocycles. The van der Waals surface area contributed by atoms with Gasteiger partial charge in [-0.05, 0) is 72.2 Å². The molecule has 0 aliphatic heterocycles. The van der Waals surface area contributed by atoms with Crippen molar-refractivity contribution in [2.75, 3.05) is 0 Å². The number of hydrogen-bond donors (Lipinski definition) is 2. The van der Waals surface area contributed by atoms with Gasteiger partial charge >= 0.3 is 5.97 Å². The average molecular weight is 305 g/mol. The number of fused-ring (bicyclic) bond motifs is 1. The zero-order chi connectivity index (χ0) is 16.6. The van der Waals surface area contributed by atoms with Crippen LogP contribution < -0.4 is 0 Å². The van der Waals surface area contributed by atoms with Crippen molar-refractivity contribution in [1.29, 1.82) is 0 Å². The monoisotopic (exact) mass is 305 g/mol. The van der Waals surface area contributed by atoms with Crippen molar-refractivity contribution >= 4 is 22.9 Å². The van der Waals surface area contributed by atoms with E-state index in [1.54, 1.807) is 13.0 Å². The van der Waals surface area contributed by atoms with E-state index in [0.717, 1.165) is 27.8 Å². The molecule has 2 aromatic carbocycles. The number of H-pyrrole nitrogens is 1. The standard InChI is InChI=1S/C20H19NO2/c1-12-10-18(13(2)8-17(12)9-14(3)20(22)23)16-5-4-15-6-7-21-19(15)11-16/h4-11,21H,1-3H3,(H,22,23). The lowest BCUT2D eigenvalue weighted by Crippen LogP contribution is -1.97. The molecule has 3 aromatic rings. The predicted octanol–water partition coefficient (Wildman–Crippen LogP) is 4.94. The third-order valence-electron chi connectivity index (χ3n) is 4.19. The molecule has 3 nitrogen and oxygen atoms in total. The van der Waals surface area contributed by atoms with Crippen molar-refractivity contribution in [3.63, 3.8) is 0 Å². The van der Waals surface area contributed by atoms with Gasteiger partial charge in [-0.25, -0.2) is 4.79 Å². The van der Waals surface area contributed by atoms with Crippen LogP contribution in [0.2, 0.25) is 0 Å². The van der Waals surface area contributed by atoms with Gasteiger partial charge in [0.05, 0.1) is 0 Å². The third kappa shape index (κ3) is 2.90. The van der Waals surface area contributed by atoms with E-state index < -0.39 is 5.97 Å². The van der Waals surface area contributed by atoms with E-state index in [-0.39, 0.29) is 0 Å². The molecule has 23 heavy (non-hydrogen) atoms. The third-order valence-corrected chi connectivity index (χ3v) is 4.19. The summed E-state index contributed by atoms with van der Waals surface area (Å²) in [6.45, 7) is 5.68. The Morgan fingerprint density at radius 1 is 1.09 bits per heavy atom. The normalized spacial score (nSPS) is 11.9. The van der Waals surface area contributed by atoms with E-state index in [0.29, 0.717) is 5.57 Å². The fourth-order valence-corrected chi connectivity index (χ4v) is 2.82. The van der Waals surface area contributed by atoms with Crippen molar-refractivity contribution < 1.29 is 9.90 Å². The van der Waals surface area contributed by atoms with Gasteiger partial charge in [-0.2, -0.15) is 0 Å². The van der Waals surface area contributed by atoms with Gasteiger partial charge in [-0.3, -0.25) is 0 Å². The first kappa shape index (κ1) is 15.1. The lowest BCUT2D eigenvalue weighted by atomic mass is 9.94. The quantitative estimate of drug-likeness (QED) is 0.673. The molecule has 116 valence electrons. The second-order valence-electron chi connectivity index (χ2n) is 5.94. The lowest BCUT2D eigenvalue weighted by molar-refractivity contribution is -0.132. The average Bonchev–Trinajstić information content (AvgIpc) is 2.97. The van der Waals surface area contributed by atoms with E-state index >= 15 is 0 Å². The minimum Gasteiger partial charge on any atom is -0.478 e. The molecule has 0 aliphatic carbocycles. The SMILES string of the molecule is CC(=Cc1cc(C)c(-c2ccc3cc[nH]c3c2)cc1C)C(=O)O. The Morgan fingerprint density at radius 2 is 1.87 bits per heavy atom. The number of nitrogens with one attached hydrogen (secondary N) is 1. The molecule has 0 amide bonds. The maximum atomic E-state index is 11.0. The van der Waals surface area contributed by atoms with Crippen LogP contribution >= 0.6 is 0 Å². The minimum absolute atomic E-state index is 0.341. The molecule has 0 spiro atoms. The molecular weight excluding hydrogens is 286 g/mol. The highest BCUT2D eigenvalue weighted by molar-refractivity contribution is 5.92. The summed E-state index contributed by atoms with van der Waals surface area (Å²) in [6.07, 6.45) is 3.66. The van der Waals surface area contributed by atoms with Gasteiger partial charge in [-0.15, -0.1) is 0 Å². The Hall–Kier alpha value is -2.81. The number of hydrogen-bond acceptors (Lipinski definition) is 1. The molecule has 0 saturated heterocycles. The molecule has 0 aliphatic rings. The molecule has 0 bridgehead atoms. The molecular formula is C20H19NO2. The smallest absolute Gasteiger partial charge is 0.331 e. The van der Waals surface area contributed by atoms with Gasteiger partial charge in [0.15, 0.2) is 0 Å². The van der Waals surface area contributed by atoms with Crippen LogP contribution in [-0.2, 0) is 4.79 Å². The Balaban J connectivity index is 2.09. The highest BCUT2D eigenvalue weighted by atomic mass is 16.4. The Morgan fingerprint density at radius 3 is 2.61 bits per heavy atom. The Labute approximate surface area is 135 Å². The number of aromatic amines is 1. The van der Waals surface area contributed by atoms with Crippen LogP contribution in [0.25, 0.3) is 28.1 Å². The van der Waals surface area contributed by atoms with Crippen LogP contribution in [-0.4, -0.2) is 16.1 Å². The van der Waals surface area contributed by atoms with Gasteiger partial charge in [0.1, 0.15) is 0 Å². The van der Waals surface area contributed by atoms with Gasteiger partial charge in [0.2, 0.25) is 0 Å². The van der Waals surface area contributed by atoms with Crippen molar-refractivity contribution in [2.45, 2.75) is 20.8 Å². The number of aryl methyl sites for hydroxylation is 2. The highest BCUT2D eigenvalue weighted by Gasteiger charge is 2.08. The summed E-state index contributed by atoms with van der Waals surface area (Å²) in [5.74, 6) is -0.886. The molecule has 0 fully saturated rings. The van der Waals surface area contributed by atoms with Crippen molar-refractivity contribution in [3.8, 4) is 11.1 Å². The Bertz CT molecular complexity index is 932. The molecule has 0 radical (unpaired) electrons. The second kappa shape index (κ2) is 5.76. The number of aliphatic carboxylic acids is 1. The van der Waals surface area contributed by atoms with Crippen LogP contribution in [0.5, 0.6) is 0 Å². The Kier molecular flexibility index (Phi) is 3.78. The zero-order valence-electron chi connectivity index (χ0n) is 13.5. The maximum Gasteiger partial charge on any atom is 0.331 e. The maximum absolute atomic E-state index is 11.0.